The molecule has 3 N–H and O–H groups in total. The van der Waals surface area contributed by atoms with Gasteiger partial charge in [0.05, 0.1) is 43.7 Å². The Balaban J connectivity index is 1.87. The molecule has 0 amide bonds. The minimum Gasteiger partial charge on any atom is -0.496 e. The zero-order chi connectivity index (χ0) is 23.8. The van der Waals surface area contributed by atoms with Gasteiger partial charge in [0.25, 0.3) is 0 Å². The number of aliphatic hydroxyl groups is 2. The number of allylic oxidation sites excluding steroid dienone is 2. The lowest BCUT2D eigenvalue weighted by molar-refractivity contribution is -0.141. The molecule has 178 valence electrons. The van der Waals surface area contributed by atoms with Gasteiger partial charge in [-0.2, -0.15) is 0 Å². The van der Waals surface area contributed by atoms with Crippen molar-refractivity contribution in [1.82, 2.24) is 10.2 Å². The molecular formula is C24H30N2O7. The maximum absolute atomic E-state index is 12.6. The summed E-state index contributed by atoms with van der Waals surface area (Å²) in [5.41, 5.74) is 1.37. The van der Waals surface area contributed by atoms with Gasteiger partial charge in [-0.15, -0.1) is 0 Å². The number of carbonyl (C=O) groups excluding carboxylic acids is 1. The number of rotatable bonds is 7. The van der Waals surface area contributed by atoms with Gasteiger partial charge in [-0.3, -0.25) is 0 Å². The van der Waals surface area contributed by atoms with Crippen molar-refractivity contribution >= 4 is 11.5 Å². The number of aliphatic hydroxyl groups excluding tert-OH is 1. The van der Waals surface area contributed by atoms with Crippen molar-refractivity contribution in [2.45, 2.75) is 45.5 Å². The molecule has 1 aromatic carbocycles. The Labute approximate surface area is 192 Å². The van der Waals surface area contributed by atoms with Crippen molar-refractivity contribution in [3.8, 4) is 17.2 Å². The van der Waals surface area contributed by atoms with Crippen molar-refractivity contribution in [3.63, 3.8) is 0 Å². The van der Waals surface area contributed by atoms with Crippen LogP contribution in [0.25, 0.3) is 5.57 Å². The third-order valence-corrected chi connectivity index (χ3v) is 5.86. The number of esters is 1. The molecule has 0 unspecified atom stereocenters. The normalized spacial score (nSPS) is 19.9. The van der Waals surface area contributed by atoms with E-state index in [1.54, 1.807) is 34.0 Å². The van der Waals surface area contributed by atoms with Crippen molar-refractivity contribution in [2.24, 2.45) is 0 Å². The lowest BCUT2D eigenvalue weighted by Gasteiger charge is -2.26. The molecule has 1 aromatic rings. The molecule has 4 rings (SSSR count). The summed E-state index contributed by atoms with van der Waals surface area (Å²) in [5.74, 6) is 0.645. The molecule has 3 aliphatic heterocycles. The highest BCUT2D eigenvalue weighted by Gasteiger charge is 2.42. The number of methoxy groups -OCH3 is 1. The van der Waals surface area contributed by atoms with Gasteiger partial charge in [0.1, 0.15) is 23.4 Å². The van der Waals surface area contributed by atoms with Gasteiger partial charge in [0.2, 0.25) is 5.76 Å². The summed E-state index contributed by atoms with van der Waals surface area (Å²) in [4.78, 5) is 14.6. The Morgan fingerprint density at radius 3 is 2.79 bits per heavy atom. The third-order valence-electron chi connectivity index (χ3n) is 5.86. The zero-order valence-electron chi connectivity index (χ0n) is 19.3. The number of nitrogens with zero attached hydrogens (tertiary/aromatic N) is 1. The van der Waals surface area contributed by atoms with Crippen LogP contribution < -0.4 is 19.5 Å². The molecule has 3 aliphatic rings. The van der Waals surface area contributed by atoms with Crippen LogP contribution in [0, 0.1) is 0 Å². The quantitative estimate of drug-likeness (QED) is 0.527. The fourth-order valence-corrected chi connectivity index (χ4v) is 4.17. The van der Waals surface area contributed by atoms with Gasteiger partial charge in [0, 0.05) is 30.9 Å². The van der Waals surface area contributed by atoms with E-state index in [1.165, 1.54) is 0 Å². The smallest absolute Gasteiger partial charge is 0.374 e. The summed E-state index contributed by atoms with van der Waals surface area (Å²) in [6, 6.07) is 0. The summed E-state index contributed by atoms with van der Waals surface area (Å²) in [5, 5.41) is 24.0. The number of nitrogens with one attached hydrogen (secondary N) is 1. The van der Waals surface area contributed by atoms with E-state index in [9.17, 15) is 15.0 Å². The number of fused-ring (bicyclic) bond motifs is 2. The number of ether oxygens (including phenoxy) is 4. The highest BCUT2D eigenvalue weighted by molar-refractivity contribution is 5.96. The van der Waals surface area contributed by atoms with Gasteiger partial charge in [-0.1, -0.05) is 6.08 Å². The molecule has 1 atom stereocenters. The van der Waals surface area contributed by atoms with Crippen LogP contribution in [0.5, 0.6) is 17.2 Å². The maximum atomic E-state index is 12.6. The SMILES string of the molecule is CCOC(=O)C1=C/C(=C\CN2C=CNC2)c2c(OC)c3c(c(CO)c2O1)O[C@H](C(C)(C)O)C3. The Morgan fingerprint density at radius 2 is 2.18 bits per heavy atom. The summed E-state index contributed by atoms with van der Waals surface area (Å²) in [7, 11) is 1.56. The Morgan fingerprint density at radius 1 is 1.39 bits per heavy atom. The summed E-state index contributed by atoms with van der Waals surface area (Å²) in [6.07, 6.45) is 7.28. The van der Waals surface area contributed by atoms with Crippen LogP contribution in [0.3, 0.4) is 0 Å². The van der Waals surface area contributed by atoms with E-state index in [4.69, 9.17) is 18.9 Å². The molecule has 0 aromatic heterocycles. The van der Waals surface area contributed by atoms with E-state index in [0.29, 0.717) is 47.8 Å². The molecular weight excluding hydrogens is 428 g/mol. The predicted octanol–water partition coefficient (Wildman–Crippen LogP) is 1.82. The predicted molar refractivity (Wildman–Crippen MR) is 121 cm³/mol. The fraction of sp³-hybridized carbons (Fsp3) is 0.458. The van der Waals surface area contributed by atoms with Crippen LogP contribution >= 0.6 is 0 Å². The first-order chi connectivity index (χ1) is 15.8. The fourth-order valence-electron chi connectivity index (χ4n) is 4.17. The van der Waals surface area contributed by atoms with E-state index in [0.717, 1.165) is 5.56 Å². The monoisotopic (exact) mass is 458 g/mol. The lowest BCUT2D eigenvalue weighted by Crippen LogP contribution is -2.39. The number of hydrogen-bond donors (Lipinski definition) is 3. The molecule has 0 radical (unpaired) electrons. The van der Waals surface area contributed by atoms with Gasteiger partial charge in [-0.05, 0) is 32.4 Å². The largest absolute Gasteiger partial charge is 0.496 e. The topological polar surface area (TPSA) is 110 Å². The zero-order valence-corrected chi connectivity index (χ0v) is 19.3. The van der Waals surface area contributed by atoms with Crippen LogP contribution in [0.2, 0.25) is 0 Å². The third kappa shape index (κ3) is 4.26. The molecule has 0 saturated carbocycles. The Bertz CT molecular complexity index is 1040. The van der Waals surface area contributed by atoms with E-state index in [1.807, 2.05) is 18.5 Å². The van der Waals surface area contributed by atoms with Gasteiger partial charge >= 0.3 is 5.97 Å². The second kappa shape index (κ2) is 8.99. The van der Waals surface area contributed by atoms with E-state index in [2.05, 4.69) is 10.2 Å². The van der Waals surface area contributed by atoms with E-state index >= 15 is 0 Å². The molecule has 0 bridgehead atoms. The highest BCUT2D eigenvalue weighted by Crippen LogP contribution is 2.53. The Kier molecular flexibility index (Phi) is 6.27. The molecule has 9 nitrogen and oxygen atoms in total. The molecule has 9 heteroatoms. The van der Waals surface area contributed by atoms with Gasteiger partial charge < -0.3 is 39.4 Å². The van der Waals surface area contributed by atoms with E-state index in [-0.39, 0.29) is 24.7 Å². The first-order valence-electron chi connectivity index (χ1n) is 10.9. The minimum absolute atomic E-state index is 0.0134. The summed E-state index contributed by atoms with van der Waals surface area (Å²) >= 11 is 0. The second-order valence-corrected chi connectivity index (χ2v) is 8.59. The first kappa shape index (κ1) is 23.0. The van der Waals surface area contributed by atoms with Gasteiger partial charge in [0.15, 0.2) is 0 Å². The summed E-state index contributed by atoms with van der Waals surface area (Å²) < 4.78 is 23.0. The van der Waals surface area contributed by atoms with Crippen molar-refractivity contribution in [3.05, 3.63) is 47.0 Å². The lowest BCUT2D eigenvalue weighted by atomic mass is 9.90. The number of carbonyl (C=O) groups is 1. The van der Waals surface area contributed by atoms with Gasteiger partial charge in [-0.25, -0.2) is 4.79 Å². The van der Waals surface area contributed by atoms with E-state index < -0.39 is 17.7 Å². The van der Waals surface area contributed by atoms with Crippen LogP contribution in [-0.2, 0) is 22.6 Å². The average molecular weight is 459 g/mol. The molecule has 0 fully saturated rings. The maximum Gasteiger partial charge on any atom is 0.374 e. The van der Waals surface area contributed by atoms with Crippen LogP contribution in [0.4, 0.5) is 0 Å². The van der Waals surface area contributed by atoms with Crippen molar-refractivity contribution in [2.75, 3.05) is 26.9 Å². The van der Waals surface area contributed by atoms with Crippen molar-refractivity contribution in [1.29, 1.82) is 0 Å². The molecule has 33 heavy (non-hydrogen) atoms. The first-order valence-corrected chi connectivity index (χ1v) is 10.9. The molecule has 0 aliphatic carbocycles. The minimum atomic E-state index is -1.11. The number of hydrogen-bond acceptors (Lipinski definition) is 9. The Hall–Kier alpha value is -3.17. The van der Waals surface area contributed by atoms with Crippen LogP contribution in [0.15, 0.2) is 30.3 Å². The highest BCUT2D eigenvalue weighted by atomic mass is 16.6. The number of benzene rings is 1. The summed E-state index contributed by atoms with van der Waals surface area (Å²) in [6.45, 7) is 6.14. The molecule has 3 heterocycles. The molecule has 0 saturated heterocycles. The van der Waals surface area contributed by atoms with Crippen LogP contribution in [0.1, 0.15) is 37.5 Å². The second-order valence-electron chi connectivity index (χ2n) is 8.59. The van der Waals surface area contributed by atoms with Crippen molar-refractivity contribution < 1.29 is 34.0 Å². The average Bonchev–Trinajstić information content (AvgIpc) is 3.45. The standard InChI is InChI=1S/C24H30N2O7/c1-5-31-23(28)17-10-14(6-8-26-9-7-25-13-26)19-21(30-4)15-11-18(24(2,3)29)33-20(15)16(12-27)22(19)32-17/h6-7,9-10,18,25,27,29H,5,8,11-13H2,1-4H3/b14-6+/t18-/m0/s1. The van der Waals surface area contributed by atoms with Crippen LogP contribution in [-0.4, -0.2) is 59.7 Å². The molecule has 0 spiro atoms.